The van der Waals surface area contributed by atoms with Gasteiger partial charge in [0.15, 0.2) is 0 Å². The molecule has 2 unspecified atom stereocenters. The molecule has 3 heteroatoms. The van der Waals surface area contributed by atoms with Gasteiger partial charge in [0.25, 0.3) is 0 Å². The van der Waals surface area contributed by atoms with Crippen molar-refractivity contribution in [3.63, 3.8) is 0 Å². The molecule has 0 radical (unpaired) electrons. The van der Waals surface area contributed by atoms with Gasteiger partial charge >= 0.3 is 0 Å². The summed E-state index contributed by atoms with van der Waals surface area (Å²) in [7, 11) is 0. The van der Waals surface area contributed by atoms with Crippen LogP contribution >= 0.6 is 0 Å². The third kappa shape index (κ3) is 4.03. The predicted molar refractivity (Wildman–Crippen MR) is 78.5 cm³/mol. The summed E-state index contributed by atoms with van der Waals surface area (Å²) in [4.78, 5) is 0. The fourth-order valence-corrected chi connectivity index (χ4v) is 3.15. The van der Waals surface area contributed by atoms with E-state index in [-0.39, 0.29) is 12.1 Å². The number of ether oxygens (including phenoxy) is 1. The van der Waals surface area contributed by atoms with E-state index >= 15 is 0 Å². The molecule has 106 valence electrons. The standard InChI is InChI=1S/C16H26N2O/c1-2-19-16(14-10-4-3-5-11-14)15(18-17)12-13-8-6-7-9-13/h3-5,10-11,13,15-16,18H,2,6-9,12,17H2,1H3. The van der Waals surface area contributed by atoms with Gasteiger partial charge in [0, 0.05) is 6.61 Å². The Morgan fingerprint density at radius 2 is 1.95 bits per heavy atom. The van der Waals surface area contributed by atoms with E-state index in [1.807, 2.05) is 13.0 Å². The van der Waals surface area contributed by atoms with Crippen LogP contribution in [-0.2, 0) is 4.74 Å². The minimum atomic E-state index is 0.0526. The molecule has 3 nitrogen and oxygen atoms in total. The molecule has 0 amide bonds. The topological polar surface area (TPSA) is 47.3 Å². The molecule has 1 fully saturated rings. The molecule has 1 aromatic carbocycles. The van der Waals surface area contributed by atoms with E-state index < -0.39 is 0 Å². The second kappa shape index (κ2) is 7.63. The molecule has 3 N–H and O–H groups in total. The smallest absolute Gasteiger partial charge is 0.0991 e. The van der Waals surface area contributed by atoms with Crippen molar-refractivity contribution < 1.29 is 4.74 Å². The Morgan fingerprint density at radius 1 is 1.26 bits per heavy atom. The van der Waals surface area contributed by atoms with E-state index in [9.17, 15) is 0 Å². The van der Waals surface area contributed by atoms with E-state index in [0.29, 0.717) is 6.61 Å². The molecule has 1 aromatic rings. The summed E-state index contributed by atoms with van der Waals surface area (Å²) in [5, 5.41) is 0. The van der Waals surface area contributed by atoms with Crippen LogP contribution in [-0.4, -0.2) is 12.6 Å². The summed E-state index contributed by atoms with van der Waals surface area (Å²) >= 11 is 0. The molecule has 2 atom stereocenters. The van der Waals surface area contributed by atoms with Crippen LogP contribution in [0.5, 0.6) is 0 Å². The summed E-state index contributed by atoms with van der Waals surface area (Å²) in [6, 6.07) is 10.6. The minimum Gasteiger partial charge on any atom is -0.372 e. The predicted octanol–water partition coefficient (Wildman–Crippen LogP) is 3.18. The number of nitrogens with one attached hydrogen (secondary N) is 1. The molecule has 0 spiro atoms. The number of hydrazine groups is 1. The maximum absolute atomic E-state index is 5.95. The normalized spacial score (nSPS) is 19.5. The molecule has 0 aliphatic heterocycles. The molecule has 0 saturated heterocycles. The molecular weight excluding hydrogens is 236 g/mol. The largest absolute Gasteiger partial charge is 0.372 e. The Kier molecular flexibility index (Phi) is 5.83. The molecule has 1 aliphatic carbocycles. The lowest BCUT2D eigenvalue weighted by Crippen LogP contribution is -2.42. The van der Waals surface area contributed by atoms with Crippen LogP contribution in [0.4, 0.5) is 0 Å². The quantitative estimate of drug-likeness (QED) is 0.586. The number of hydrogen-bond acceptors (Lipinski definition) is 3. The minimum absolute atomic E-state index is 0.0526. The first kappa shape index (κ1) is 14.5. The molecule has 1 saturated carbocycles. The first-order valence-electron chi connectivity index (χ1n) is 7.47. The van der Waals surface area contributed by atoms with Gasteiger partial charge in [-0.05, 0) is 24.8 Å². The van der Waals surface area contributed by atoms with Crippen LogP contribution in [0.2, 0.25) is 0 Å². The van der Waals surface area contributed by atoms with Gasteiger partial charge in [-0.2, -0.15) is 0 Å². The Morgan fingerprint density at radius 3 is 2.53 bits per heavy atom. The molecule has 0 bridgehead atoms. The van der Waals surface area contributed by atoms with E-state index in [0.717, 1.165) is 12.3 Å². The molecule has 2 rings (SSSR count). The maximum atomic E-state index is 5.95. The van der Waals surface area contributed by atoms with Gasteiger partial charge in [-0.25, -0.2) is 0 Å². The maximum Gasteiger partial charge on any atom is 0.0991 e. The fourth-order valence-electron chi connectivity index (χ4n) is 3.15. The molecule has 0 aromatic heterocycles. The van der Waals surface area contributed by atoms with Crippen molar-refractivity contribution in [1.29, 1.82) is 0 Å². The van der Waals surface area contributed by atoms with Crippen LogP contribution in [0, 0.1) is 5.92 Å². The van der Waals surface area contributed by atoms with Gasteiger partial charge in [-0.1, -0.05) is 56.0 Å². The van der Waals surface area contributed by atoms with Crippen LogP contribution in [0.1, 0.15) is 50.7 Å². The van der Waals surface area contributed by atoms with Gasteiger partial charge in [0.1, 0.15) is 0 Å². The summed E-state index contributed by atoms with van der Waals surface area (Å²) in [6.45, 7) is 2.75. The monoisotopic (exact) mass is 262 g/mol. The molecule has 1 aliphatic rings. The third-order valence-corrected chi connectivity index (χ3v) is 4.12. The molecular formula is C16H26N2O. The van der Waals surface area contributed by atoms with Crippen LogP contribution in [0.3, 0.4) is 0 Å². The summed E-state index contributed by atoms with van der Waals surface area (Å²) in [6.07, 6.45) is 6.57. The highest BCUT2D eigenvalue weighted by molar-refractivity contribution is 5.19. The number of nitrogens with two attached hydrogens (primary N) is 1. The van der Waals surface area contributed by atoms with Gasteiger partial charge in [-0.3, -0.25) is 11.3 Å². The van der Waals surface area contributed by atoms with Crippen LogP contribution < -0.4 is 11.3 Å². The Bertz CT molecular complexity index is 349. The highest BCUT2D eigenvalue weighted by Crippen LogP contribution is 2.32. The van der Waals surface area contributed by atoms with Crippen LogP contribution in [0.15, 0.2) is 30.3 Å². The van der Waals surface area contributed by atoms with E-state index in [2.05, 4.69) is 29.7 Å². The highest BCUT2D eigenvalue weighted by Gasteiger charge is 2.27. The summed E-state index contributed by atoms with van der Waals surface area (Å²) in [5.74, 6) is 6.59. The third-order valence-electron chi connectivity index (χ3n) is 4.12. The van der Waals surface area contributed by atoms with Gasteiger partial charge in [-0.15, -0.1) is 0 Å². The molecule has 19 heavy (non-hydrogen) atoms. The van der Waals surface area contributed by atoms with Gasteiger partial charge < -0.3 is 4.74 Å². The zero-order chi connectivity index (χ0) is 13.5. The van der Waals surface area contributed by atoms with Crippen molar-refractivity contribution in [2.45, 2.75) is 51.2 Å². The van der Waals surface area contributed by atoms with E-state index in [1.165, 1.54) is 31.2 Å². The number of rotatable bonds is 7. The average molecular weight is 262 g/mol. The van der Waals surface area contributed by atoms with Crippen molar-refractivity contribution in [3.05, 3.63) is 35.9 Å². The lowest BCUT2D eigenvalue weighted by atomic mass is 9.92. The van der Waals surface area contributed by atoms with Crippen molar-refractivity contribution in [3.8, 4) is 0 Å². The second-order valence-corrected chi connectivity index (χ2v) is 5.45. The van der Waals surface area contributed by atoms with Crippen molar-refractivity contribution >= 4 is 0 Å². The SMILES string of the molecule is CCOC(c1ccccc1)C(CC1CCCC1)NN. The van der Waals surface area contributed by atoms with E-state index in [1.54, 1.807) is 0 Å². The Hall–Kier alpha value is -0.900. The van der Waals surface area contributed by atoms with E-state index in [4.69, 9.17) is 10.6 Å². The van der Waals surface area contributed by atoms with Crippen molar-refractivity contribution in [1.82, 2.24) is 5.43 Å². The Labute approximate surface area is 116 Å². The highest BCUT2D eigenvalue weighted by atomic mass is 16.5. The van der Waals surface area contributed by atoms with Gasteiger partial charge in [0.05, 0.1) is 12.1 Å². The Balaban J connectivity index is 2.06. The van der Waals surface area contributed by atoms with Crippen LogP contribution in [0.25, 0.3) is 0 Å². The number of benzene rings is 1. The fraction of sp³-hybridized carbons (Fsp3) is 0.625. The lowest BCUT2D eigenvalue weighted by molar-refractivity contribution is 0.0265. The zero-order valence-corrected chi connectivity index (χ0v) is 11.8. The zero-order valence-electron chi connectivity index (χ0n) is 11.8. The molecule has 0 heterocycles. The summed E-state index contributed by atoms with van der Waals surface area (Å²) < 4.78 is 5.95. The van der Waals surface area contributed by atoms with Crippen molar-refractivity contribution in [2.75, 3.05) is 6.61 Å². The lowest BCUT2D eigenvalue weighted by Gasteiger charge is -2.29. The second-order valence-electron chi connectivity index (χ2n) is 5.45. The average Bonchev–Trinajstić information content (AvgIpc) is 2.96. The van der Waals surface area contributed by atoms with Crippen molar-refractivity contribution in [2.24, 2.45) is 11.8 Å². The van der Waals surface area contributed by atoms with Gasteiger partial charge in [0.2, 0.25) is 0 Å². The first-order valence-corrected chi connectivity index (χ1v) is 7.47. The number of hydrogen-bond donors (Lipinski definition) is 2. The first-order chi connectivity index (χ1) is 9.35. The summed E-state index contributed by atoms with van der Waals surface area (Å²) in [5.41, 5.74) is 4.20.